The fourth-order valence-electron chi connectivity index (χ4n) is 4.20. The van der Waals surface area contributed by atoms with E-state index in [9.17, 15) is 4.79 Å². The lowest BCUT2D eigenvalue weighted by atomic mass is 9.52. The van der Waals surface area contributed by atoms with Gasteiger partial charge < -0.3 is 5.11 Å². The summed E-state index contributed by atoms with van der Waals surface area (Å²) in [5, 5.41) is 7.60. The monoisotopic (exact) mass is 222 g/mol. The van der Waals surface area contributed by atoms with Crippen LogP contribution in [0.1, 0.15) is 39.0 Å². The average Bonchev–Trinajstić information content (AvgIpc) is 2.25. The third kappa shape index (κ3) is 2.31. The van der Waals surface area contributed by atoms with E-state index in [2.05, 4.69) is 13.5 Å². The summed E-state index contributed by atoms with van der Waals surface area (Å²) in [5.74, 6) is 4.72. The van der Waals surface area contributed by atoms with Crippen LogP contribution in [-0.2, 0) is 4.79 Å². The maximum atomic E-state index is 9.25. The number of carboxylic acids is 1. The summed E-state index contributed by atoms with van der Waals surface area (Å²) in [6.07, 6.45) is 8.80. The third-order valence-corrected chi connectivity index (χ3v) is 4.87. The molecule has 1 N–H and O–H groups in total. The Kier molecular flexibility index (Phi) is 3.36. The predicted molar refractivity (Wildman–Crippen MR) is 64.0 cm³/mol. The van der Waals surface area contributed by atoms with Gasteiger partial charge in [0.25, 0.3) is 0 Å². The largest absolute Gasteiger partial charge is 0.478 e. The van der Waals surface area contributed by atoms with Gasteiger partial charge in [-0.05, 0) is 61.7 Å². The van der Waals surface area contributed by atoms with Crippen molar-refractivity contribution < 1.29 is 9.90 Å². The molecular weight excluding hydrogens is 200 g/mol. The molecule has 90 valence electrons. The van der Waals surface area contributed by atoms with Crippen molar-refractivity contribution in [3.05, 3.63) is 12.7 Å². The molecule has 4 rings (SSSR count). The van der Waals surface area contributed by atoms with E-state index in [1.165, 1.54) is 0 Å². The van der Waals surface area contributed by atoms with Crippen molar-refractivity contribution in [2.45, 2.75) is 39.0 Å². The van der Waals surface area contributed by atoms with E-state index >= 15 is 0 Å². The average molecular weight is 222 g/mol. The molecule has 4 aliphatic carbocycles. The quantitative estimate of drug-likeness (QED) is 0.691. The van der Waals surface area contributed by atoms with Gasteiger partial charge in [0.1, 0.15) is 0 Å². The van der Waals surface area contributed by atoms with Crippen molar-refractivity contribution >= 4 is 5.97 Å². The van der Waals surface area contributed by atoms with E-state index in [4.69, 9.17) is 5.11 Å². The van der Waals surface area contributed by atoms with Crippen molar-refractivity contribution in [3.63, 3.8) is 0 Å². The van der Waals surface area contributed by atoms with E-state index in [-0.39, 0.29) is 0 Å². The van der Waals surface area contributed by atoms with E-state index in [1.54, 1.807) is 32.1 Å². The first-order valence-electron chi connectivity index (χ1n) is 6.45. The summed E-state index contributed by atoms with van der Waals surface area (Å²) < 4.78 is 0. The van der Waals surface area contributed by atoms with E-state index in [0.717, 1.165) is 35.7 Å². The molecule has 0 spiro atoms. The predicted octanol–water partition coefficient (Wildman–Crippen LogP) is 3.34. The highest BCUT2D eigenvalue weighted by Crippen LogP contribution is 2.56. The lowest BCUT2D eigenvalue weighted by Crippen LogP contribution is -2.43. The Morgan fingerprint density at radius 2 is 1.50 bits per heavy atom. The molecule has 0 radical (unpaired) electrons. The number of carbonyl (C=O) groups is 1. The second kappa shape index (κ2) is 4.60. The summed E-state index contributed by atoms with van der Waals surface area (Å²) in [6, 6.07) is 0. The Balaban J connectivity index is 0.000000168. The molecule has 2 heteroatoms. The molecule has 0 aromatic carbocycles. The number of aliphatic carboxylic acids is 1. The van der Waals surface area contributed by atoms with E-state index < -0.39 is 5.97 Å². The van der Waals surface area contributed by atoms with Crippen LogP contribution >= 0.6 is 0 Å². The maximum absolute atomic E-state index is 9.25. The number of hydrogen-bond acceptors (Lipinski definition) is 1. The molecule has 4 bridgehead atoms. The van der Waals surface area contributed by atoms with Gasteiger partial charge in [-0.2, -0.15) is 0 Å². The van der Waals surface area contributed by atoms with Gasteiger partial charge in [-0.15, -0.1) is 0 Å². The zero-order chi connectivity index (χ0) is 11.7. The lowest BCUT2D eigenvalue weighted by Gasteiger charge is -2.53. The van der Waals surface area contributed by atoms with Gasteiger partial charge in [-0.3, -0.25) is 0 Å². The van der Waals surface area contributed by atoms with Crippen molar-refractivity contribution in [2.24, 2.45) is 29.6 Å². The van der Waals surface area contributed by atoms with Crippen LogP contribution in [0, 0.1) is 29.6 Å². The SMILES string of the molecule is C=CC(=O)O.CC1C2CC3CC(C2)CC1C3. The molecule has 4 saturated carbocycles. The van der Waals surface area contributed by atoms with Crippen LogP contribution in [0.3, 0.4) is 0 Å². The maximum Gasteiger partial charge on any atom is 0.327 e. The summed E-state index contributed by atoms with van der Waals surface area (Å²) >= 11 is 0. The van der Waals surface area contributed by atoms with Crippen molar-refractivity contribution in [1.29, 1.82) is 0 Å². The number of rotatable bonds is 1. The minimum atomic E-state index is -0.981. The molecule has 4 aliphatic rings. The highest BCUT2D eigenvalue weighted by molar-refractivity contribution is 5.78. The molecule has 2 nitrogen and oxygen atoms in total. The Morgan fingerprint density at radius 3 is 1.81 bits per heavy atom. The molecule has 0 aliphatic heterocycles. The molecule has 0 heterocycles. The normalized spacial score (nSPS) is 43.4. The zero-order valence-electron chi connectivity index (χ0n) is 10.1. The first kappa shape index (κ1) is 11.7. The second-order valence-corrected chi connectivity index (χ2v) is 5.83. The van der Waals surface area contributed by atoms with Gasteiger partial charge in [0.15, 0.2) is 0 Å². The minimum Gasteiger partial charge on any atom is -0.478 e. The molecule has 0 saturated heterocycles. The Labute approximate surface area is 97.7 Å². The molecule has 4 fully saturated rings. The van der Waals surface area contributed by atoms with Crippen LogP contribution in [0.2, 0.25) is 0 Å². The molecular formula is C14H22O2. The fourth-order valence-corrected chi connectivity index (χ4v) is 4.20. The Bertz CT molecular complexity index is 254. The minimum absolute atomic E-state index is 0.833. The summed E-state index contributed by atoms with van der Waals surface area (Å²) in [5.41, 5.74) is 0. The lowest BCUT2D eigenvalue weighted by molar-refractivity contribution is -0.131. The van der Waals surface area contributed by atoms with Gasteiger partial charge in [-0.1, -0.05) is 13.5 Å². The van der Waals surface area contributed by atoms with Gasteiger partial charge in [0.05, 0.1) is 0 Å². The Morgan fingerprint density at radius 1 is 1.12 bits per heavy atom. The van der Waals surface area contributed by atoms with Crippen molar-refractivity contribution in [1.82, 2.24) is 0 Å². The molecule has 16 heavy (non-hydrogen) atoms. The van der Waals surface area contributed by atoms with Crippen LogP contribution in [0.4, 0.5) is 0 Å². The molecule has 0 unspecified atom stereocenters. The van der Waals surface area contributed by atoms with Crippen molar-refractivity contribution in [2.75, 3.05) is 0 Å². The second-order valence-electron chi connectivity index (χ2n) is 5.83. The fraction of sp³-hybridized carbons (Fsp3) is 0.786. The first-order chi connectivity index (χ1) is 7.60. The van der Waals surface area contributed by atoms with Gasteiger partial charge >= 0.3 is 5.97 Å². The van der Waals surface area contributed by atoms with Crippen LogP contribution in [0.15, 0.2) is 12.7 Å². The van der Waals surface area contributed by atoms with Gasteiger partial charge in [0, 0.05) is 6.08 Å². The van der Waals surface area contributed by atoms with Crippen LogP contribution in [0.5, 0.6) is 0 Å². The van der Waals surface area contributed by atoms with Crippen LogP contribution in [-0.4, -0.2) is 11.1 Å². The van der Waals surface area contributed by atoms with Crippen LogP contribution < -0.4 is 0 Å². The van der Waals surface area contributed by atoms with Crippen LogP contribution in [0.25, 0.3) is 0 Å². The standard InChI is InChI=1S/C11H18.C3H4O2/c1-7-10-3-8-2-9(5-10)6-11(7)4-8;1-2-3(4)5/h7-11H,2-6H2,1H3;2H,1H2,(H,4,5). The van der Waals surface area contributed by atoms with Crippen molar-refractivity contribution in [3.8, 4) is 0 Å². The molecule has 0 atom stereocenters. The third-order valence-electron chi connectivity index (χ3n) is 4.87. The molecule has 0 aromatic heterocycles. The Hall–Kier alpha value is -0.790. The highest BCUT2D eigenvalue weighted by atomic mass is 16.4. The first-order valence-corrected chi connectivity index (χ1v) is 6.45. The summed E-state index contributed by atoms with van der Waals surface area (Å²) in [6.45, 7) is 5.47. The van der Waals surface area contributed by atoms with E-state index in [1.807, 2.05) is 0 Å². The van der Waals surface area contributed by atoms with Gasteiger partial charge in [0.2, 0.25) is 0 Å². The number of carboxylic acid groups (broad SMARTS) is 1. The van der Waals surface area contributed by atoms with E-state index in [0.29, 0.717) is 0 Å². The summed E-state index contributed by atoms with van der Waals surface area (Å²) in [7, 11) is 0. The smallest absolute Gasteiger partial charge is 0.327 e. The number of hydrogen-bond donors (Lipinski definition) is 1. The molecule has 0 aromatic rings. The highest BCUT2D eigenvalue weighted by Gasteiger charge is 2.45. The topological polar surface area (TPSA) is 37.3 Å². The zero-order valence-corrected chi connectivity index (χ0v) is 10.1. The summed E-state index contributed by atoms with van der Waals surface area (Å²) in [4.78, 5) is 9.25. The van der Waals surface area contributed by atoms with Gasteiger partial charge in [-0.25, -0.2) is 4.79 Å². The molecule has 0 amide bonds.